The van der Waals surface area contributed by atoms with Crippen molar-refractivity contribution in [3.05, 3.63) is 28.8 Å². The molecule has 0 aromatic heterocycles. The standard InChI is InChI=1S/C16H25ClN2O2.ClH/c1-5-8-21-14-7-6-12(17)9-13(14)15(20)19(4)11-16(2,3)10-18;/h6-7,9H,5,8,10-11,18H2,1-4H3;1H. The first-order valence-electron chi connectivity index (χ1n) is 7.18. The Balaban J connectivity index is 0.00000441. The van der Waals surface area contributed by atoms with Crippen LogP contribution in [0.5, 0.6) is 5.75 Å². The normalized spacial score (nSPS) is 10.8. The van der Waals surface area contributed by atoms with Gasteiger partial charge in [-0.1, -0.05) is 32.4 Å². The van der Waals surface area contributed by atoms with Crippen molar-refractivity contribution >= 4 is 29.9 Å². The van der Waals surface area contributed by atoms with Crippen LogP contribution in [0.15, 0.2) is 18.2 Å². The van der Waals surface area contributed by atoms with Gasteiger partial charge in [-0.15, -0.1) is 12.4 Å². The average molecular weight is 349 g/mol. The third kappa shape index (κ3) is 6.03. The van der Waals surface area contributed by atoms with E-state index in [1.807, 2.05) is 20.8 Å². The quantitative estimate of drug-likeness (QED) is 0.818. The minimum Gasteiger partial charge on any atom is -0.493 e. The molecule has 1 amide bonds. The molecule has 0 aliphatic carbocycles. The number of carbonyl (C=O) groups excluding carboxylic acids is 1. The number of nitrogens with zero attached hydrogens (tertiary/aromatic N) is 1. The number of amides is 1. The maximum absolute atomic E-state index is 12.6. The second-order valence-corrected chi connectivity index (χ2v) is 6.45. The molecule has 1 aromatic rings. The van der Waals surface area contributed by atoms with Crippen LogP contribution < -0.4 is 10.5 Å². The van der Waals surface area contributed by atoms with Crippen molar-refractivity contribution in [2.24, 2.45) is 11.1 Å². The Morgan fingerprint density at radius 2 is 2.05 bits per heavy atom. The largest absolute Gasteiger partial charge is 0.493 e. The zero-order chi connectivity index (χ0) is 16.0. The van der Waals surface area contributed by atoms with Crippen LogP contribution in [0.3, 0.4) is 0 Å². The zero-order valence-electron chi connectivity index (χ0n) is 13.7. The topological polar surface area (TPSA) is 55.6 Å². The van der Waals surface area contributed by atoms with Crippen molar-refractivity contribution in [1.82, 2.24) is 4.90 Å². The SMILES string of the molecule is CCCOc1ccc(Cl)cc1C(=O)N(C)CC(C)(C)CN.Cl. The molecule has 0 bridgehead atoms. The molecule has 6 heteroatoms. The third-order valence-electron chi connectivity index (χ3n) is 3.20. The molecule has 0 atom stereocenters. The van der Waals surface area contributed by atoms with Gasteiger partial charge in [-0.25, -0.2) is 0 Å². The van der Waals surface area contributed by atoms with Crippen molar-refractivity contribution in [2.45, 2.75) is 27.2 Å². The Morgan fingerprint density at radius 3 is 2.59 bits per heavy atom. The van der Waals surface area contributed by atoms with Crippen LogP contribution in [0.25, 0.3) is 0 Å². The smallest absolute Gasteiger partial charge is 0.257 e. The van der Waals surface area contributed by atoms with E-state index in [1.54, 1.807) is 30.1 Å². The maximum Gasteiger partial charge on any atom is 0.257 e. The number of rotatable bonds is 7. The second kappa shape index (κ2) is 9.23. The fourth-order valence-corrected chi connectivity index (χ4v) is 2.16. The van der Waals surface area contributed by atoms with Crippen LogP contribution in [0.4, 0.5) is 0 Å². The number of ether oxygens (including phenoxy) is 1. The zero-order valence-corrected chi connectivity index (χ0v) is 15.3. The maximum atomic E-state index is 12.6. The fourth-order valence-electron chi connectivity index (χ4n) is 1.99. The summed E-state index contributed by atoms with van der Waals surface area (Å²) in [5.41, 5.74) is 6.09. The lowest BCUT2D eigenvalue weighted by Crippen LogP contribution is -2.39. The molecule has 4 nitrogen and oxygen atoms in total. The van der Waals surface area contributed by atoms with E-state index in [2.05, 4.69) is 0 Å². The molecule has 0 aliphatic rings. The van der Waals surface area contributed by atoms with Crippen LogP contribution in [0.2, 0.25) is 5.02 Å². The molecular weight excluding hydrogens is 323 g/mol. The van der Waals surface area contributed by atoms with Gasteiger partial charge in [-0.05, 0) is 36.6 Å². The van der Waals surface area contributed by atoms with Crippen molar-refractivity contribution in [3.8, 4) is 5.75 Å². The van der Waals surface area contributed by atoms with E-state index in [9.17, 15) is 4.79 Å². The second-order valence-electron chi connectivity index (χ2n) is 6.02. The Kier molecular flexibility index (Phi) is 8.83. The van der Waals surface area contributed by atoms with Crippen molar-refractivity contribution in [2.75, 3.05) is 26.7 Å². The molecule has 0 unspecified atom stereocenters. The molecule has 0 aliphatic heterocycles. The Bertz CT molecular complexity index is 493. The van der Waals surface area contributed by atoms with E-state index < -0.39 is 0 Å². The van der Waals surface area contributed by atoms with Crippen molar-refractivity contribution in [3.63, 3.8) is 0 Å². The van der Waals surface area contributed by atoms with Crippen molar-refractivity contribution < 1.29 is 9.53 Å². The van der Waals surface area contributed by atoms with Gasteiger partial charge >= 0.3 is 0 Å². The Labute approximate surface area is 144 Å². The number of hydrogen-bond acceptors (Lipinski definition) is 3. The molecule has 22 heavy (non-hydrogen) atoms. The van der Waals surface area contributed by atoms with Gasteiger partial charge < -0.3 is 15.4 Å². The fraction of sp³-hybridized carbons (Fsp3) is 0.562. The molecule has 126 valence electrons. The van der Waals surface area contributed by atoms with E-state index in [0.717, 1.165) is 6.42 Å². The number of nitrogens with two attached hydrogens (primary N) is 1. The summed E-state index contributed by atoms with van der Waals surface area (Å²) in [5.74, 6) is 0.466. The highest BCUT2D eigenvalue weighted by atomic mass is 35.5. The predicted octanol–water partition coefficient (Wildman–Crippen LogP) is 3.61. The van der Waals surface area contributed by atoms with Gasteiger partial charge in [0.05, 0.1) is 12.2 Å². The summed E-state index contributed by atoms with van der Waals surface area (Å²) in [6.07, 6.45) is 0.881. The number of halogens is 2. The summed E-state index contributed by atoms with van der Waals surface area (Å²) in [4.78, 5) is 14.3. The number of carbonyl (C=O) groups is 1. The lowest BCUT2D eigenvalue weighted by atomic mass is 9.93. The molecule has 0 saturated carbocycles. The van der Waals surface area contributed by atoms with Gasteiger partial charge in [0.2, 0.25) is 0 Å². The predicted molar refractivity (Wildman–Crippen MR) is 94.3 cm³/mol. The molecule has 0 heterocycles. The molecule has 1 rings (SSSR count). The summed E-state index contributed by atoms with van der Waals surface area (Å²) >= 11 is 6.01. The van der Waals surface area contributed by atoms with Gasteiger partial charge in [0.25, 0.3) is 5.91 Å². The van der Waals surface area contributed by atoms with Crippen LogP contribution in [0, 0.1) is 5.41 Å². The number of hydrogen-bond donors (Lipinski definition) is 1. The first-order chi connectivity index (χ1) is 9.80. The van der Waals surface area contributed by atoms with E-state index >= 15 is 0 Å². The van der Waals surface area contributed by atoms with Crippen LogP contribution in [-0.2, 0) is 0 Å². The third-order valence-corrected chi connectivity index (χ3v) is 3.43. The molecule has 2 N–H and O–H groups in total. The summed E-state index contributed by atoms with van der Waals surface area (Å²) in [6, 6.07) is 5.13. The summed E-state index contributed by atoms with van der Waals surface area (Å²) in [5, 5.41) is 0.522. The van der Waals surface area contributed by atoms with Crippen LogP contribution in [0.1, 0.15) is 37.6 Å². The highest BCUT2D eigenvalue weighted by Crippen LogP contribution is 2.25. The molecule has 1 aromatic carbocycles. The number of benzene rings is 1. The summed E-state index contributed by atoms with van der Waals surface area (Å²) in [6.45, 7) is 7.74. The van der Waals surface area contributed by atoms with Gasteiger partial charge in [0, 0.05) is 18.6 Å². The van der Waals surface area contributed by atoms with Crippen molar-refractivity contribution in [1.29, 1.82) is 0 Å². The van der Waals surface area contributed by atoms with Crippen LogP contribution in [-0.4, -0.2) is 37.6 Å². The molecule has 0 spiro atoms. The molecular formula is C16H26Cl2N2O2. The molecule has 0 saturated heterocycles. The molecule has 0 fully saturated rings. The molecule has 0 radical (unpaired) electrons. The van der Waals surface area contributed by atoms with E-state index in [0.29, 0.717) is 36.0 Å². The highest BCUT2D eigenvalue weighted by Gasteiger charge is 2.24. The minimum atomic E-state index is -0.132. The summed E-state index contributed by atoms with van der Waals surface area (Å²) < 4.78 is 5.64. The van der Waals surface area contributed by atoms with Gasteiger partial charge in [-0.3, -0.25) is 4.79 Å². The Hall–Kier alpha value is -0.970. The minimum absolute atomic E-state index is 0. The first-order valence-corrected chi connectivity index (χ1v) is 7.56. The average Bonchev–Trinajstić information content (AvgIpc) is 2.44. The first kappa shape index (κ1) is 21.0. The lowest BCUT2D eigenvalue weighted by molar-refractivity contribution is 0.0736. The van der Waals surface area contributed by atoms with Gasteiger partial charge in [-0.2, -0.15) is 0 Å². The van der Waals surface area contributed by atoms with Crippen LogP contribution >= 0.6 is 24.0 Å². The lowest BCUT2D eigenvalue weighted by Gasteiger charge is -2.29. The van der Waals surface area contributed by atoms with Gasteiger partial charge in [0.1, 0.15) is 5.75 Å². The van der Waals surface area contributed by atoms with E-state index in [-0.39, 0.29) is 23.7 Å². The van der Waals surface area contributed by atoms with Gasteiger partial charge in [0.15, 0.2) is 0 Å². The van der Waals surface area contributed by atoms with E-state index in [1.165, 1.54) is 0 Å². The Morgan fingerprint density at radius 1 is 1.41 bits per heavy atom. The highest BCUT2D eigenvalue weighted by molar-refractivity contribution is 6.31. The summed E-state index contributed by atoms with van der Waals surface area (Å²) in [7, 11) is 1.77. The van der Waals surface area contributed by atoms with E-state index in [4.69, 9.17) is 22.1 Å². The monoisotopic (exact) mass is 348 g/mol.